The molecule has 8 heteroatoms. The van der Waals surface area contributed by atoms with E-state index in [4.69, 9.17) is 23.7 Å². The van der Waals surface area contributed by atoms with Crippen molar-refractivity contribution in [3.05, 3.63) is 53.2 Å². The van der Waals surface area contributed by atoms with Gasteiger partial charge in [-0.1, -0.05) is 13.0 Å². The molecule has 0 radical (unpaired) electrons. The molecule has 2 aliphatic heterocycles. The Morgan fingerprint density at radius 1 is 1.14 bits per heavy atom. The van der Waals surface area contributed by atoms with E-state index in [9.17, 15) is 9.59 Å². The highest BCUT2D eigenvalue weighted by Gasteiger charge is 2.26. The van der Waals surface area contributed by atoms with Gasteiger partial charge in [0.05, 0.1) is 7.11 Å². The van der Waals surface area contributed by atoms with Crippen LogP contribution in [-0.4, -0.2) is 31.7 Å². The molecule has 0 N–H and O–H groups in total. The van der Waals surface area contributed by atoms with Gasteiger partial charge in [-0.05, 0) is 42.0 Å². The molecular weight excluding hydrogens is 378 g/mol. The maximum Gasteiger partial charge on any atom is 0.363 e. The highest BCUT2D eigenvalue weighted by Crippen LogP contribution is 2.34. The fraction of sp³-hybridized carbons (Fsp3) is 0.190. The van der Waals surface area contributed by atoms with Crippen molar-refractivity contribution < 1.29 is 33.3 Å². The summed E-state index contributed by atoms with van der Waals surface area (Å²) in [4.78, 5) is 28.0. The minimum Gasteiger partial charge on any atom is -0.493 e. The van der Waals surface area contributed by atoms with Crippen LogP contribution < -0.4 is 18.9 Å². The van der Waals surface area contributed by atoms with Crippen molar-refractivity contribution in [2.75, 3.05) is 13.9 Å². The van der Waals surface area contributed by atoms with Crippen LogP contribution in [0.1, 0.15) is 24.5 Å². The van der Waals surface area contributed by atoms with E-state index in [0.717, 1.165) is 0 Å². The van der Waals surface area contributed by atoms with Gasteiger partial charge in [0.15, 0.2) is 28.7 Å². The molecule has 0 atom stereocenters. The maximum atomic E-state index is 12.2. The number of hydrogen-bond donors (Lipinski definition) is 0. The number of ether oxygens (including phenoxy) is 5. The van der Waals surface area contributed by atoms with Crippen LogP contribution >= 0.6 is 0 Å². The van der Waals surface area contributed by atoms with Gasteiger partial charge in [0, 0.05) is 12.0 Å². The fourth-order valence-corrected chi connectivity index (χ4v) is 2.77. The SMILES string of the molecule is CCC(=O)Oc1ccc(/C=C2/N=C(c3ccc4c(c3)OCO4)OC2=O)cc1OC. The first-order valence-corrected chi connectivity index (χ1v) is 8.88. The lowest BCUT2D eigenvalue weighted by molar-refractivity contribution is -0.134. The second-order valence-electron chi connectivity index (χ2n) is 6.14. The van der Waals surface area contributed by atoms with E-state index in [1.807, 2.05) is 0 Å². The van der Waals surface area contributed by atoms with Crippen molar-refractivity contribution >= 4 is 23.9 Å². The van der Waals surface area contributed by atoms with Crippen LogP contribution in [0.25, 0.3) is 6.08 Å². The second-order valence-corrected chi connectivity index (χ2v) is 6.14. The number of cyclic esters (lactones) is 1. The van der Waals surface area contributed by atoms with Gasteiger partial charge < -0.3 is 23.7 Å². The lowest BCUT2D eigenvalue weighted by Crippen LogP contribution is -2.06. The number of methoxy groups -OCH3 is 1. The number of rotatable bonds is 5. The molecule has 0 spiro atoms. The lowest BCUT2D eigenvalue weighted by atomic mass is 10.1. The van der Waals surface area contributed by atoms with Crippen LogP contribution in [0.3, 0.4) is 0 Å². The Hall–Kier alpha value is -3.81. The lowest BCUT2D eigenvalue weighted by Gasteiger charge is -2.09. The van der Waals surface area contributed by atoms with Crippen molar-refractivity contribution in [3.63, 3.8) is 0 Å². The first-order valence-electron chi connectivity index (χ1n) is 8.88. The predicted octanol–water partition coefficient (Wildman–Crippen LogP) is 3.08. The molecule has 0 fully saturated rings. The normalized spacial score (nSPS) is 15.9. The molecule has 148 valence electrons. The third-order valence-corrected chi connectivity index (χ3v) is 4.24. The van der Waals surface area contributed by atoms with Gasteiger partial charge in [0.2, 0.25) is 12.7 Å². The number of carbonyl (C=O) groups excluding carboxylic acids is 2. The number of benzene rings is 2. The predicted molar refractivity (Wildman–Crippen MR) is 102 cm³/mol. The van der Waals surface area contributed by atoms with Gasteiger partial charge in [-0.2, -0.15) is 0 Å². The molecule has 0 saturated carbocycles. The molecule has 29 heavy (non-hydrogen) atoms. The summed E-state index contributed by atoms with van der Waals surface area (Å²) >= 11 is 0. The first kappa shape index (κ1) is 18.5. The molecule has 2 heterocycles. The van der Waals surface area contributed by atoms with E-state index in [-0.39, 0.29) is 30.8 Å². The minimum atomic E-state index is -0.571. The van der Waals surface area contributed by atoms with Gasteiger partial charge in [-0.3, -0.25) is 4.79 Å². The first-order chi connectivity index (χ1) is 14.1. The molecule has 2 aromatic carbocycles. The van der Waals surface area contributed by atoms with E-state index in [1.54, 1.807) is 49.4 Å². The zero-order valence-electron chi connectivity index (χ0n) is 15.8. The van der Waals surface area contributed by atoms with E-state index < -0.39 is 5.97 Å². The average Bonchev–Trinajstić information content (AvgIpc) is 3.35. The van der Waals surface area contributed by atoms with E-state index >= 15 is 0 Å². The summed E-state index contributed by atoms with van der Waals surface area (Å²) in [6.07, 6.45) is 1.81. The Labute approximate surface area is 166 Å². The zero-order chi connectivity index (χ0) is 20.4. The summed E-state index contributed by atoms with van der Waals surface area (Å²) in [5.41, 5.74) is 1.38. The standard InChI is InChI=1S/C21H17NO7/c1-3-19(23)28-16-6-4-12(9-17(16)25-2)8-14-21(24)29-20(22-14)13-5-7-15-18(10-13)27-11-26-15/h4-10H,3,11H2,1-2H3/b14-8+. The monoisotopic (exact) mass is 395 g/mol. The molecule has 2 aromatic rings. The van der Waals surface area contributed by atoms with Gasteiger partial charge >= 0.3 is 11.9 Å². The van der Waals surface area contributed by atoms with Crippen molar-refractivity contribution in [2.24, 2.45) is 4.99 Å². The molecule has 4 rings (SSSR count). The summed E-state index contributed by atoms with van der Waals surface area (Å²) in [7, 11) is 1.47. The Balaban J connectivity index is 1.60. The molecule has 0 aliphatic carbocycles. The fourth-order valence-electron chi connectivity index (χ4n) is 2.77. The summed E-state index contributed by atoms with van der Waals surface area (Å²) in [5.74, 6) is 1.11. The van der Waals surface area contributed by atoms with Crippen molar-refractivity contribution in [2.45, 2.75) is 13.3 Å². The molecule has 0 bridgehead atoms. The molecule has 8 nitrogen and oxygen atoms in total. The van der Waals surface area contributed by atoms with Crippen molar-refractivity contribution in [3.8, 4) is 23.0 Å². The number of carbonyl (C=O) groups is 2. The molecular formula is C21H17NO7. The molecule has 0 unspecified atom stereocenters. The Bertz CT molecular complexity index is 1050. The number of fused-ring (bicyclic) bond motifs is 1. The van der Waals surface area contributed by atoms with Crippen molar-refractivity contribution in [1.82, 2.24) is 0 Å². The Morgan fingerprint density at radius 3 is 2.76 bits per heavy atom. The van der Waals surface area contributed by atoms with Crippen LogP contribution in [-0.2, 0) is 14.3 Å². The summed E-state index contributed by atoms with van der Waals surface area (Å²) < 4.78 is 26.4. The van der Waals surface area contributed by atoms with Gasteiger partial charge in [-0.25, -0.2) is 9.79 Å². The molecule has 0 amide bonds. The van der Waals surface area contributed by atoms with Crippen LogP contribution in [0, 0.1) is 0 Å². The third-order valence-electron chi connectivity index (χ3n) is 4.24. The van der Waals surface area contributed by atoms with Gasteiger partial charge in [0.25, 0.3) is 0 Å². The second kappa shape index (κ2) is 7.67. The van der Waals surface area contributed by atoms with Crippen LogP contribution in [0.2, 0.25) is 0 Å². The van der Waals surface area contributed by atoms with Crippen LogP contribution in [0.15, 0.2) is 47.1 Å². The topological polar surface area (TPSA) is 92.7 Å². The molecule has 0 saturated heterocycles. The maximum absolute atomic E-state index is 12.2. The number of aliphatic imine (C=N–C) groups is 1. The number of esters is 2. The summed E-state index contributed by atoms with van der Waals surface area (Å²) in [6.45, 7) is 1.86. The van der Waals surface area contributed by atoms with Crippen LogP contribution in [0.4, 0.5) is 0 Å². The summed E-state index contributed by atoms with van der Waals surface area (Å²) in [6, 6.07) is 10.1. The Kier molecular flexibility index (Phi) is 4.90. The number of nitrogens with zero attached hydrogens (tertiary/aromatic N) is 1. The number of hydrogen-bond acceptors (Lipinski definition) is 8. The molecule has 0 aromatic heterocycles. The van der Waals surface area contributed by atoms with E-state index in [1.165, 1.54) is 7.11 Å². The van der Waals surface area contributed by atoms with E-state index in [2.05, 4.69) is 4.99 Å². The largest absolute Gasteiger partial charge is 0.493 e. The van der Waals surface area contributed by atoms with Crippen LogP contribution in [0.5, 0.6) is 23.0 Å². The smallest absolute Gasteiger partial charge is 0.363 e. The highest BCUT2D eigenvalue weighted by atomic mass is 16.7. The third kappa shape index (κ3) is 3.77. The summed E-state index contributed by atoms with van der Waals surface area (Å²) in [5, 5.41) is 0. The van der Waals surface area contributed by atoms with Crippen molar-refractivity contribution in [1.29, 1.82) is 0 Å². The quantitative estimate of drug-likeness (QED) is 0.436. The Morgan fingerprint density at radius 2 is 1.97 bits per heavy atom. The average molecular weight is 395 g/mol. The highest BCUT2D eigenvalue weighted by molar-refractivity contribution is 6.13. The molecule has 2 aliphatic rings. The van der Waals surface area contributed by atoms with Gasteiger partial charge in [-0.15, -0.1) is 0 Å². The minimum absolute atomic E-state index is 0.137. The zero-order valence-corrected chi connectivity index (χ0v) is 15.8. The van der Waals surface area contributed by atoms with Gasteiger partial charge in [0.1, 0.15) is 0 Å². The van der Waals surface area contributed by atoms with E-state index in [0.29, 0.717) is 34.1 Å².